The lowest BCUT2D eigenvalue weighted by molar-refractivity contribution is -0.142. The maximum atomic E-state index is 11.3. The van der Waals surface area contributed by atoms with Gasteiger partial charge in [0.15, 0.2) is 0 Å². The number of carboxylic acid groups (broad SMARTS) is 2. The normalized spacial score (nSPS) is 11.8. The van der Waals surface area contributed by atoms with Crippen LogP contribution in [-0.4, -0.2) is 60.9 Å². The Morgan fingerprint density at radius 1 is 1.28 bits per heavy atom. The largest absolute Gasteiger partial charge is 0.481 e. The molecule has 1 atom stereocenters. The van der Waals surface area contributed by atoms with Crippen molar-refractivity contribution in [2.24, 2.45) is 0 Å². The van der Waals surface area contributed by atoms with Crippen LogP contribution in [0.4, 0.5) is 0 Å². The summed E-state index contributed by atoms with van der Waals surface area (Å²) in [7, 11) is 1.52. The first-order valence-corrected chi connectivity index (χ1v) is 5.41. The zero-order chi connectivity index (χ0) is 14.0. The number of nitrogens with one attached hydrogen (secondary N) is 2. The minimum absolute atomic E-state index is 0.0415. The molecule has 0 aromatic heterocycles. The van der Waals surface area contributed by atoms with Gasteiger partial charge in [0.25, 0.3) is 0 Å². The van der Waals surface area contributed by atoms with Gasteiger partial charge in [-0.2, -0.15) is 0 Å². The van der Waals surface area contributed by atoms with Crippen molar-refractivity contribution in [3.05, 3.63) is 0 Å². The first-order chi connectivity index (χ1) is 8.47. The van der Waals surface area contributed by atoms with E-state index in [1.807, 2.05) is 0 Å². The Labute approximate surface area is 104 Å². The molecule has 0 unspecified atom stereocenters. The summed E-state index contributed by atoms with van der Waals surface area (Å²) >= 11 is 0. The monoisotopic (exact) mass is 262 g/mol. The third-order valence-corrected chi connectivity index (χ3v) is 2.05. The van der Waals surface area contributed by atoms with E-state index >= 15 is 0 Å². The van der Waals surface area contributed by atoms with Crippen molar-refractivity contribution >= 4 is 17.8 Å². The van der Waals surface area contributed by atoms with Crippen molar-refractivity contribution in [3.8, 4) is 0 Å². The van der Waals surface area contributed by atoms with E-state index in [-0.39, 0.29) is 19.4 Å². The predicted molar refractivity (Wildman–Crippen MR) is 61.2 cm³/mol. The smallest absolute Gasteiger partial charge is 0.326 e. The van der Waals surface area contributed by atoms with Crippen LogP contribution < -0.4 is 10.6 Å². The first-order valence-electron chi connectivity index (χ1n) is 5.41. The fourth-order valence-electron chi connectivity index (χ4n) is 1.15. The standard InChI is InChI=1S/C10H18N2O6/c1-18-5-4-11-6-8(13)12-7(10(16)17)2-3-9(14)15/h7,11H,2-6H2,1H3,(H,12,13)(H,14,15)(H,16,17)/t7-/m0/s1. The van der Waals surface area contributed by atoms with E-state index in [1.165, 1.54) is 7.11 Å². The number of methoxy groups -OCH3 is 1. The zero-order valence-electron chi connectivity index (χ0n) is 10.1. The van der Waals surface area contributed by atoms with Crippen LogP contribution in [-0.2, 0) is 19.1 Å². The molecule has 0 aliphatic carbocycles. The Morgan fingerprint density at radius 3 is 2.44 bits per heavy atom. The van der Waals surface area contributed by atoms with Crippen LogP contribution in [0.1, 0.15) is 12.8 Å². The fourth-order valence-corrected chi connectivity index (χ4v) is 1.15. The molecule has 0 aliphatic heterocycles. The van der Waals surface area contributed by atoms with Crippen molar-refractivity contribution in [1.82, 2.24) is 10.6 Å². The van der Waals surface area contributed by atoms with Crippen molar-refractivity contribution in [2.45, 2.75) is 18.9 Å². The van der Waals surface area contributed by atoms with Gasteiger partial charge < -0.3 is 25.6 Å². The first kappa shape index (κ1) is 16.3. The van der Waals surface area contributed by atoms with Gasteiger partial charge in [0.05, 0.1) is 13.2 Å². The molecule has 0 spiro atoms. The lowest BCUT2D eigenvalue weighted by Crippen LogP contribution is -2.45. The van der Waals surface area contributed by atoms with Crippen LogP contribution in [0.2, 0.25) is 0 Å². The number of carboxylic acids is 2. The summed E-state index contributed by atoms with van der Waals surface area (Å²) in [4.78, 5) is 32.4. The molecule has 0 heterocycles. The zero-order valence-corrected chi connectivity index (χ0v) is 10.1. The number of amides is 1. The summed E-state index contributed by atoms with van der Waals surface area (Å²) < 4.78 is 4.75. The highest BCUT2D eigenvalue weighted by Gasteiger charge is 2.20. The van der Waals surface area contributed by atoms with Crippen molar-refractivity contribution < 1.29 is 29.3 Å². The van der Waals surface area contributed by atoms with Gasteiger partial charge in [0.2, 0.25) is 5.91 Å². The predicted octanol–water partition coefficient (Wildman–Crippen LogP) is -1.34. The van der Waals surface area contributed by atoms with Gasteiger partial charge in [0, 0.05) is 20.1 Å². The Bertz CT molecular complexity index is 294. The van der Waals surface area contributed by atoms with E-state index < -0.39 is 23.9 Å². The van der Waals surface area contributed by atoms with Gasteiger partial charge in [0.1, 0.15) is 6.04 Å². The number of ether oxygens (including phenoxy) is 1. The summed E-state index contributed by atoms with van der Waals surface area (Å²) in [6, 6.07) is -1.18. The summed E-state index contributed by atoms with van der Waals surface area (Å²) in [6.07, 6.45) is -0.456. The maximum Gasteiger partial charge on any atom is 0.326 e. The third kappa shape index (κ3) is 8.48. The SMILES string of the molecule is COCCNCC(=O)N[C@@H](CCC(=O)O)C(=O)O. The molecule has 0 rings (SSSR count). The van der Waals surface area contributed by atoms with Crippen molar-refractivity contribution in [2.75, 3.05) is 26.8 Å². The van der Waals surface area contributed by atoms with Crippen molar-refractivity contribution in [3.63, 3.8) is 0 Å². The highest BCUT2D eigenvalue weighted by molar-refractivity contribution is 5.85. The summed E-state index contributed by atoms with van der Waals surface area (Å²) in [5, 5.41) is 22.2. The molecule has 0 saturated heterocycles. The van der Waals surface area contributed by atoms with Crippen LogP contribution in [0.3, 0.4) is 0 Å². The van der Waals surface area contributed by atoms with Crippen LogP contribution in [0.15, 0.2) is 0 Å². The molecule has 0 aromatic rings. The molecule has 18 heavy (non-hydrogen) atoms. The lowest BCUT2D eigenvalue weighted by Gasteiger charge is -2.13. The Morgan fingerprint density at radius 2 is 1.94 bits per heavy atom. The molecule has 0 aromatic carbocycles. The second-order valence-corrected chi connectivity index (χ2v) is 3.56. The van der Waals surface area contributed by atoms with Crippen molar-refractivity contribution in [1.29, 1.82) is 0 Å². The van der Waals surface area contributed by atoms with Crippen LogP contribution >= 0.6 is 0 Å². The van der Waals surface area contributed by atoms with Gasteiger partial charge in [-0.25, -0.2) is 4.79 Å². The van der Waals surface area contributed by atoms with Gasteiger partial charge in [-0.05, 0) is 6.42 Å². The molecule has 4 N–H and O–H groups in total. The van der Waals surface area contributed by atoms with E-state index in [0.717, 1.165) is 0 Å². The average molecular weight is 262 g/mol. The molecule has 0 aliphatic rings. The minimum Gasteiger partial charge on any atom is -0.481 e. The van der Waals surface area contributed by atoms with Gasteiger partial charge in [-0.3, -0.25) is 9.59 Å². The topological polar surface area (TPSA) is 125 Å². The second kappa shape index (κ2) is 9.37. The highest BCUT2D eigenvalue weighted by Crippen LogP contribution is 1.97. The Kier molecular flexibility index (Phi) is 8.50. The van der Waals surface area contributed by atoms with Crippen LogP contribution in [0, 0.1) is 0 Å². The number of hydrogen-bond acceptors (Lipinski definition) is 5. The fraction of sp³-hybridized carbons (Fsp3) is 0.700. The van der Waals surface area contributed by atoms with Crippen LogP contribution in [0.25, 0.3) is 0 Å². The molecule has 8 nitrogen and oxygen atoms in total. The molecule has 1 amide bonds. The van der Waals surface area contributed by atoms with Crippen LogP contribution in [0.5, 0.6) is 0 Å². The molecule has 104 valence electrons. The highest BCUT2D eigenvalue weighted by atomic mass is 16.5. The number of rotatable bonds is 10. The number of aliphatic carboxylic acids is 2. The van der Waals surface area contributed by atoms with Gasteiger partial charge >= 0.3 is 11.9 Å². The molecule has 0 fully saturated rings. The molecule has 0 saturated carbocycles. The molecule has 8 heteroatoms. The maximum absolute atomic E-state index is 11.3. The average Bonchev–Trinajstić information content (AvgIpc) is 2.29. The van der Waals surface area contributed by atoms with Gasteiger partial charge in [-0.15, -0.1) is 0 Å². The van der Waals surface area contributed by atoms with E-state index in [4.69, 9.17) is 14.9 Å². The summed E-state index contributed by atoms with van der Waals surface area (Å²) in [5.41, 5.74) is 0. The van der Waals surface area contributed by atoms with E-state index in [0.29, 0.717) is 13.2 Å². The summed E-state index contributed by atoms with van der Waals surface area (Å²) in [6.45, 7) is 0.867. The number of hydrogen-bond donors (Lipinski definition) is 4. The summed E-state index contributed by atoms with van der Waals surface area (Å²) in [5.74, 6) is -2.85. The van der Waals surface area contributed by atoms with Gasteiger partial charge in [-0.1, -0.05) is 0 Å². The Balaban J connectivity index is 3.96. The quantitative estimate of drug-likeness (QED) is 0.359. The minimum atomic E-state index is -1.25. The van der Waals surface area contributed by atoms with E-state index in [1.54, 1.807) is 0 Å². The number of carbonyl (C=O) groups is 3. The molecule has 0 bridgehead atoms. The second-order valence-electron chi connectivity index (χ2n) is 3.56. The third-order valence-electron chi connectivity index (χ3n) is 2.05. The van der Waals surface area contributed by atoms with E-state index in [9.17, 15) is 14.4 Å². The molecular formula is C10H18N2O6. The Hall–Kier alpha value is -1.67. The van der Waals surface area contributed by atoms with E-state index in [2.05, 4.69) is 10.6 Å². The molecule has 0 radical (unpaired) electrons. The number of carbonyl (C=O) groups excluding carboxylic acids is 1. The lowest BCUT2D eigenvalue weighted by atomic mass is 10.1. The molecular weight excluding hydrogens is 244 g/mol.